The number of hydrogen-bond acceptors (Lipinski definition) is 11. The smallest absolute Gasteiger partial charge is 0.468 e. The van der Waals surface area contributed by atoms with Crippen molar-refractivity contribution in [3.05, 3.63) is 6.33 Å². The number of nitrogens with zero attached hydrogens (tertiary/aromatic N) is 4. The Labute approximate surface area is 177 Å². The van der Waals surface area contributed by atoms with Crippen LogP contribution in [0.2, 0.25) is 0 Å². The fraction of sp³-hybridized carbons (Fsp3) is 0.625. The third-order valence-electron chi connectivity index (χ3n) is 4.86. The minimum absolute atomic E-state index is 0.0552. The van der Waals surface area contributed by atoms with Gasteiger partial charge in [0.2, 0.25) is 5.95 Å². The van der Waals surface area contributed by atoms with Crippen LogP contribution in [0.25, 0.3) is 11.2 Å². The number of halogens is 1. The molecule has 0 bridgehead atoms. The lowest BCUT2D eigenvalue weighted by Gasteiger charge is -2.24. The first-order valence-electron chi connectivity index (χ1n) is 9.24. The van der Waals surface area contributed by atoms with Gasteiger partial charge in [0.15, 0.2) is 28.9 Å². The van der Waals surface area contributed by atoms with Crippen molar-refractivity contribution in [3.8, 4) is 0 Å². The standard InChI is InChI=1S/C16H24FN7O6P/c1-7(13(26)28-4)23-31(27)29-5-8-10(25)16(2,17)14(30-8)24-6-20-9-11(19-3)21-15(18)22-12(9)24/h6-8,10,14,25H,5H2,1-4H3,(H,23,27)(H3,18,19,21,22)/q+1/t7-,8-,10-,14-,16-/m1/s1. The van der Waals surface area contributed by atoms with Crippen LogP contribution >= 0.6 is 8.18 Å². The van der Waals surface area contributed by atoms with Gasteiger partial charge in [-0.15, -0.1) is 4.52 Å². The van der Waals surface area contributed by atoms with Crippen molar-refractivity contribution in [1.82, 2.24) is 24.6 Å². The van der Waals surface area contributed by atoms with Crippen LogP contribution in [-0.4, -0.2) is 75.3 Å². The predicted octanol–water partition coefficient (Wildman–Crippen LogP) is 0.262. The van der Waals surface area contributed by atoms with Crippen molar-refractivity contribution in [2.24, 2.45) is 0 Å². The molecule has 1 aliphatic heterocycles. The van der Waals surface area contributed by atoms with Crippen LogP contribution in [0.15, 0.2) is 6.33 Å². The Morgan fingerprint density at radius 3 is 2.90 bits per heavy atom. The van der Waals surface area contributed by atoms with E-state index in [0.29, 0.717) is 11.3 Å². The topological polar surface area (TPSA) is 176 Å². The fourth-order valence-electron chi connectivity index (χ4n) is 3.20. The highest BCUT2D eigenvalue weighted by molar-refractivity contribution is 7.36. The van der Waals surface area contributed by atoms with E-state index >= 15 is 4.39 Å². The number of imidazole rings is 1. The van der Waals surface area contributed by atoms with Crippen molar-refractivity contribution in [2.75, 3.05) is 31.8 Å². The van der Waals surface area contributed by atoms with E-state index in [1.807, 2.05) is 0 Å². The van der Waals surface area contributed by atoms with E-state index < -0.39 is 50.9 Å². The van der Waals surface area contributed by atoms with Crippen LogP contribution in [0.3, 0.4) is 0 Å². The Kier molecular flexibility index (Phi) is 6.67. The van der Waals surface area contributed by atoms with Crippen LogP contribution in [0.5, 0.6) is 0 Å². The first-order valence-corrected chi connectivity index (χ1v) is 10.4. The summed E-state index contributed by atoms with van der Waals surface area (Å²) in [6, 6.07) is -0.883. The maximum absolute atomic E-state index is 15.5. The fourth-order valence-corrected chi connectivity index (χ4v) is 3.97. The van der Waals surface area contributed by atoms with Gasteiger partial charge in [-0.25, -0.2) is 9.37 Å². The normalized spacial score (nSPS) is 27.3. The van der Waals surface area contributed by atoms with E-state index in [-0.39, 0.29) is 11.6 Å². The van der Waals surface area contributed by atoms with Gasteiger partial charge in [-0.05, 0) is 18.4 Å². The number of aliphatic hydroxyl groups excluding tert-OH is 1. The molecule has 1 fully saturated rings. The number of anilines is 2. The van der Waals surface area contributed by atoms with Gasteiger partial charge < -0.3 is 25.6 Å². The molecule has 6 atom stereocenters. The van der Waals surface area contributed by atoms with Gasteiger partial charge in [-0.3, -0.25) is 9.36 Å². The van der Waals surface area contributed by atoms with Crippen molar-refractivity contribution < 1.29 is 32.9 Å². The summed E-state index contributed by atoms with van der Waals surface area (Å²) in [5.41, 5.74) is 4.01. The molecule has 1 aliphatic rings. The predicted molar refractivity (Wildman–Crippen MR) is 107 cm³/mol. The van der Waals surface area contributed by atoms with Gasteiger partial charge in [0, 0.05) is 7.05 Å². The van der Waals surface area contributed by atoms with Crippen molar-refractivity contribution in [2.45, 2.75) is 44.0 Å². The quantitative estimate of drug-likeness (QED) is 0.313. The zero-order valence-electron chi connectivity index (χ0n) is 17.3. The Bertz CT molecular complexity index is 989. The van der Waals surface area contributed by atoms with E-state index in [2.05, 4.69) is 30.1 Å². The third kappa shape index (κ3) is 4.43. The average molecular weight is 460 g/mol. The second-order valence-corrected chi connectivity index (χ2v) is 8.08. The summed E-state index contributed by atoms with van der Waals surface area (Å²) in [5, 5.41) is 15.7. The molecule has 0 amide bonds. The van der Waals surface area contributed by atoms with E-state index in [1.54, 1.807) is 7.05 Å². The van der Waals surface area contributed by atoms with E-state index in [0.717, 1.165) is 6.92 Å². The zero-order valence-corrected chi connectivity index (χ0v) is 18.2. The molecule has 0 aliphatic carbocycles. The summed E-state index contributed by atoms with van der Waals surface area (Å²) in [6.07, 6.45) is -2.79. The van der Waals surface area contributed by atoms with Crippen LogP contribution in [0.4, 0.5) is 16.2 Å². The summed E-state index contributed by atoms with van der Waals surface area (Å²) < 4.78 is 44.1. The summed E-state index contributed by atoms with van der Waals surface area (Å²) in [7, 11) is 0.314. The Hall–Kier alpha value is -2.51. The molecule has 31 heavy (non-hydrogen) atoms. The number of nitrogens with one attached hydrogen (secondary N) is 2. The first-order chi connectivity index (χ1) is 14.6. The Balaban J connectivity index is 1.76. The lowest BCUT2D eigenvalue weighted by atomic mass is 9.98. The highest BCUT2D eigenvalue weighted by Gasteiger charge is 2.56. The molecule has 170 valence electrons. The van der Waals surface area contributed by atoms with Crippen molar-refractivity contribution in [1.29, 1.82) is 0 Å². The van der Waals surface area contributed by atoms with Gasteiger partial charge in [0.05, 0.1) is 13.4 Å². The summed E-state index contributed by atoms with van der Waals surface area (Å²) in [4.78, 5) is 23.7. The number of nitrogens with two attached hydrogens (primary N) is 1. The van der Waals surface area contributed by atoms with Crippen LogP contribution < -0.4 is 16.1 Å². The Morgan fingerprint density at radius 2 is 2.26 bits per heavy atom. The van der Waals surface area contributed by atoms with Gasteiger partial charge >= 0.3 is 14.1 Å². The minimum atomic E-state index is -2.50. The Morgan fingerprint density at radius 1 is 1.55 bits per heavy atom. The van der Waals surface area contributed by atoms with Crippen LogP contribution in [-0.2, 0) is 23.4 Å². The number of aromatic nitrogens is 4. The van der Waals surface area contributed by atoms with Gasteiger partial charge in [0.25, 0.3) is 0 Å². The molecule has 3 rings (SSSR count). The van der Waals surface area contributed by atoms with Gasteiger partial charge in [0.1, 0.15) is 24.9 Å². The molecule has 0 spiro atoms. The summed E-state index contributed by atoms with van der Waals surface area (Å²) in [5.74, 6) is -0.335. The summed E-state index contributed by atoms with van der Waals surface area (Å²) >= 11 is 0. The monoisotopic (exact) mass is 460 g/mol. The number of esters is 1. The van der Waals surface area contributed by atoms with Crippen LogP contribution in [0, 0.1) is 0 Å². The highest BCUT2D eigenvalue weighted by Crippen LogP contribution is 2.43. The molecule has 15 heteroatoms. The largest absolute Gasteiger partial charge is 0.613 e. The first kappa shape index (κ1) is 23.2. The maximum atomic E-state index is 15.5. The van der Waals surface area contributed by atoms with E-state index in [4.69, 9.17) is 15.0 Å². The van der Waals surface area contributed by atoms with Crippen LogP contribution in [0.1, 0.15) is 20.1 Å². The molecule has 13 nitrogen and oxygen atoms in total. The SMILES string of the molecule is CNc1nc(N)nc2c1ncn2[C@@H]1O[C@H](CO[P+](=O)N[C@H](C)C(=O)OC)[C@@H](O)[C@@]1(C)F. The zero-order chi connectivity index (χ0) is 22.9. The number of nitrogen functional groups attached to an aromatic ring is 1. The lowest BCUT2D eigenvalue weighted by Crippen LogP contribution is -2.40. The second kappa shape index (κ2) is 8.93. The summed E-state index contributed by atoms with van der Waals surface area (Å²) in [6.45, 7) is 2.20. The second-order valence-electron chi connectivity index (χ2n) is 7.05. The van der Waals surface area contributed by atoms with Gasteiger partial charge in [-0.2, -0.15) is 9.97 Å². The number of carbonyl (C=O) groups is 1. The molecule has 2 aromatic heterocycles. The number of methoxy groups -OCH3 is 1. The van der Waals surface area contributed by atoms with Gasteiger partial charge in [-0.1, -0.05) is 5.09 Å². The lowest BCUT2D eigenvalue weighted by molar-refractivity contribution is -0.142. The van der Waals surface area contributed by atoms with Crippen molar-refractivity contribution >= 4 is 37.1 Å². The maximum Gasteiger partial charge on any atom is 0.613 e. The molecular formula is C16H24FN7O6P+. The number of aliphatic hydroxyl groups is 1. The third-order valence-corrected chi connectivity index (χ3v) is 5.84. The average Bonchev–Trinajstić information content (AvgIpc) is 3.23. The molecule has 1 saturated heterocycles. The molecule has 0 radical (unpaired) electrons. The number of alkyl halides is 1. The van der Waals surface area contributed by atoms with E-state index in [1.165, 1.54) is 24.9 Å². The molecule has 0 saturated carbocycles. The minimum Gasteiger partial charge on any atom is -0.468 e. The van der Waals surface area contributed by atoms with E-state index in [9.17, 15) is 14.5 Å². The molecule has 0 aromatic carbocycles. The highest BCUT2D eigenvalue weighted by atomic mass is 31.1. The molecule has 2 aromatic rings. The number of hydrogen-bond donors (Lipinski definition) is 4. The number of ether oxygens (including phenoxy) is 2. The molecule has 3 heterocycles. The molecule has 1 unspecified atom stereocenters. The molecule has 5 N–H and O–H groups in total. The van der Waals surface area contributed by atoms with Crippen molar-refractivity contribution in [3.63, 3.8) is 0 Å². The number of carbonyl (C=O) groups excluding carboxylic acids is 1. The number of rotatable bonds is 8. The molecular weight excluding hydrogens is 436 g/mol. The number of fused-ring (bicyclic) bond motifs is 1.